The third-order valence-electron chi connectivity index (χ3n) is 2.46. The van der Waals surface area contributed by atoms with Gasteiger partial charge in [-0.1, -0.05) is 6.07 Å². The van der Waals surface area contributed by atoms with E-state index >= 15 is 0 Å². The zero-order valence-corrected chi connectivity index (χ0v) is 9.89. The summed E-state index contributed by atoms with van der Waals surface area (Å²) in [6.45, 7) is 1.75. The Labute approximate surface area is 97.1 Å². The Morgan fingerprint density at radius 3 is 2.73 bits per heavy atom. The van der Waals surface area contributed by atoms with Crippen LogP contribution in [0.25, 0.3) is 0 Å². The van der Waals surface area contributed by atoms with Gasteiger partial charge in [0.2, 0.25) is 0 Å². The molecule has 0 radical (unpaired) electrons. The molecule has 1 saturated heterocycles. The van der Waals surface area contributed by atoms with Crippen molar-refractivity contribution in [3.63, 3.8) is 0 Å². The van der Waals surface area contributed by atoms with E-state index in [0.29, 0.717) is 0 Å². The molecule has 1 aliphatic rings. The minimum atomic E-state index is -0.732. The number of carbonyl (C=O) groups is 1. The molecule has 0 aromatic carbocycles. The number of carboxylic acids is 1. The molecule has 82 valence electrons. The fourth-order valence-electron chi connectivity index (χ4n) is 1.74. The average Bonchev–Trinajstić information content (AvgIpc) is 2.72. The zero-order valence-electron chi connectivity index (χ0n) is 8.26. The molecule has 1 aromatic heterocycles. The summed E-state index contributed by atoms with van der Waals surface area (Å²) in [5.41, 5.74) is 0. The van der Waals surface area contributed by atoms with E-state index in [1.165, 1.54) is 11.3 Å². The molecule has 1 unspecified atom stereocenters. The normalized spacial score (nSPS) is 20.0. The monoisotopic (exact) mass is 243 g/mol. The highest BCUT2D eigenvalue weighted by Crippen LogP contribution is 2.27. The number of aliphatic carboxylic acids is 1. The molecule has 2 rings (SSSR count). The maximum Gasteiger partial charge on any atom is 0.326 e. The highest BCUT2D eigenvalue weighted by molar-refractivity contribution is 7.99. The third kappa shape index (κ3) is 2.53. The SMILES string of the molecule is O=C(O)C(c1cccs1)N1CCSCC1. The molecule has 15 heavy (non-hydrogen) atoms. The highest BCUT2D eigenvalue weighted by Gasteiger charge is 2.29. The van der Waals surface area contributed by atoms with Crippen LogP contribution in [-0.2, 0) is 4.79 Å². The van der Waals surface area contributed by atoms with E-state index in [2.05, 4.69) is 4.90 Å². The molecule has 0 spiro atoms. The van der Waals surface area contributed by atoms with Crippen molar-refractivity contribution in [3.05, 3.63) is 22.4 Å². The molecule has 1 atom stereocenters. The van der Waals surface area contributed by atoms with Gasteiger partial charge >= 0.3 is 5.97 Å². The van der Waals surface area contributed by atoms with Gasteiger partial charge in [-0.2, -0.15) is 11.8 Å². The second-order valence-electron chi connectivity index (χ2n) is 3.40. The lowest BCUT2D eigenvalue weighted by molar-refractivity contribution is -0.143. The molecule has 1 fully saturated rings. The number of hydrogen-bond donors (Lipinski definition) is 1. The van der Waals surface area contributed by atoms with Crippen molar-refractivity contribution < 1.29 is 9.90 Å². The second-order valence-corrected chi connectivity index (χ2v) is 5.61. The van der Waals surface area contributed by atoms with E-state index in [1.807, 2.05) is 29.3 Å². The van der Waals surface area contributed by atoms with E-state index in [-0.39, 0.29) is 0 Å². The first-order chi connectivity index (χ1) is 7.29. The van der Waals surface area contributed by atoms with Gasteiger partial charge in [-0.15, -0.1) is 11.3 Å². The van der Waals surface area contributed by atoms with Gasteiger partial charge in [0.1, 0.15) is 6.04 Å². The molecule has 1 aliphatic heterocycles. The Kier molecular flexibility index (Phi) is 3.66. The summed E-state index contributed by atoms with van der Waals surface area (Å²) in [6.07, 6.45) is 0. The van der Waals surface area contributed by atoms with E-state index in [4.69, 9.17) is 0 Å². The number of thioether (sulfide) groups is 1. The number of hydrogen-bond acceptors (Lipinski definition) is 4. The summed E-state index contributed by atoms with van der Waals surface area (Å²) in [4.78, 5) is 14.3. The smallest absolute Gasteiger partial charge is 0.326 e. The molecule has 0 aliphatic carbocycles. The predicted octanol–water partition coefficient (Wildman–Crippen LogP) is 1.92. The third-order valence-corrected chi connectivity index (χ3v) is 4.32. The number of thiophene rings is 1. The highest BCUT2D eigenvalue weighted by atomic mass is 32.2. The van der Waals surface area contributed by atoms with Crippen LogP contribution in [0.15, 0.2) is 17.5 Å². The molecular formula is C10H13NO2S2. The predicted molar refractivity (Wildman–Crippen MR) is 63.6 cm³/mol. The zero-order chi connectivity index (χ0) is 10.7. The summed E-state index contributed by atoms with van der Waals surface area (Å²) in [5, 5.41) is 11.2. The number of rotatable bonds is 3. The van der Waals surface area contributed by atoms with Crippen molar-refractivity contribution in [2.75, 3.05) is 24.6 Å². The molecule has 0 amide bonds. The topological polar surface area (TPSA) is 40.5 Å². The average molecular weight is 243 g/mol. The fourth-order valence-corrected chi connectivity index (χ4v) is 3.52. The number of carboxylic acid groups (broad SMARTS) is 1. The maximum absolute atomic E-state index is 11.3. The van der Waals surface area contributed by atoms with Crippen molar-refractivity contribution in [1.82, 2.24) is 4.90 Å². The first-order valence-electron chi connectivity index (χ1n) is 4.87. The van der Waals surface area contributed by atoms with Crippen LogP contribution in [0.2, 0.25) is 0 Å². The van der Waals surface area contributed by atoms with Crippen molar-refractivity contribution in [2.24, 2.45) is 0 Å². The van der Waals surface area contributed by atoms with Crippen molar-refractivity contribution in [1.29, 1.82) is 0 Å². The number of nitrogens with zero attached hydrogens (tertiary/aromatic N) is 1. The Hall–Kier alpha value is -0.520. The molecule has 5 heteroatoms. The van der Waals surface area contributed by atoms with Crippen LogP contribution in [0.1, 0.15) is 10.9 Å². The van der Waals surface area contributed by atoms with Gasteiger partial charge in [-0.05, 0) is 11.4 Å². The lowest BCUT2D eigenvalue weighted by Gasteiger charge is -2.31. The Bertz CT molecular complexity index is 320. The van der Waals surface area contributed by atoms with Gasteiger partial charge in [0.25, 0.3) is 0 Å². The molecule has 0 saturated carbocycles. The quantitative estimate of drug-likeness (QED) is 0.880. The van der Waals surface area contributed by atoms with Gasteiger partial charge in [-0.3, -0.25) is 9.69 Å². The second kappa shape index (κ2) is 5.01. The first-order valence-corrected chi connectivity index (χ1v) is 6.90. The van der Waals surface area contributed by atoms with Gasteiger partial charge in [0.05, 0.1) is 0 Å². The molecule has 1 aromatic rings. The minimum Gasteiger partial charge on any atom is -0.480 e. The maximum atomic E-state index is 11.3. The van der Waals surface area contributed by atoms with Crippen molar-refractivity contribution in [3.8, 4) is 0 Å². The summed E-state index contributed by atoms with van der Waals surface area (Å²) < 4.78 is 0. The lowest BCUT2D eigenvalue weighted by Crippen LogP contribution is -2.39. The summed E-state index contributed by atoms with van der Waals surface area (Å²) in [6, 6.07) is 3.38. The molecule has 1 N–H and O–H groups in total. The molecule has 3 nitrogen and oxygen atoms in total. The van der Waals surface area contributed by atoms with Gasteiger partial charge < -0.3 is 5.11 Å². The van der Waals surface area contributed by atoms with E-state index in [1.54, 1.807) is 0 Å². The van der Waals surface area contributed by atoms with Gasteiger partial charge in [0.15, 0.2) is 0 Å². The van der Waals surface area contributed by atoms with E-state index in [0.717, 1.165) is 29.5 Å². The van der Waals surface area contributed by atoms with Gasteiger partial charge in [0, 0.05) is 29.5 Å². The van der Waals surface area contributed by atoms with Crippen LogP contribution in [0.4, 0.5) is 0 Å². The van der Waals surface area contributed by atoms with Crippen LogP contribution >= 0.6 is 23.1 Å². The fraction of sp³-hybridized carbons (Fsp3) is 0.500. The van der Waals surface area contributed by atoms with E-state index in [9.17, 15) is 9.90 Å². The molecule has 0 bridgehead atoms. The van der Waals surface area contributed by atoms with Crippen LogP contribution < -0.4 is 0 Å². The lowest BCUT2D eigenvalue weighted by atomic mass is 10.2. The van der Waals surface area contributed by atoms with Crippen LogP contribution in [0.3, 0.4) is 0 Å². The van der Waals surface area contributed by atoms with Crippen LogP contribution in [0.5, 0.6) is 0 Å². The van der Waals surface area contributed by atoms with Gasteiger partial charge in [-0.25, -0.2) is 0 Å². The van der Waals surface area contributed by atoms with Crippen molar-refractivity contribution in [2.45, 2.75) is 6.04 Å². The minimum absolute atomic E-state index is 0.439. The standard InChI is InChI=1S/C10H13NO2S2/c12-10(13)9(8-2-1-5-15-8)11-3-6-14-7-4-11/h1-2,5,9H,3-4,6-7H2,(H,12,13). The Morgan fingerprint density at radius 1 is 1.47 bits per heavy atom. The van der Waals surface area contributed by atoms with Crippen LogP contribution in [-0.4, -0.2) is 40.6 Å². The van der Waals surface area contributed by atoms with E-state index < -0.39 is 12.0 Å². The first kappa shape index (κ1) is 11.0. The molecular weight excluding hydrogens is 230 g/mol. The van der Waals surface area contributed by atoms with Crippen LogP contribution in [0, 0.1) is 0 Å². The Morgan fingerprint density at radius 2 is 2.20 bits per heavy atom. The van der Waals surface area contributed by atoms with Crippen molar-refractivity contribution >= 4 is 29.1 Å². The summed E-state index contributed by atoms with van der Waals surface area (Å²) in [7, 11) is 0. The Balaban J connectivity index is 2.15. The largest absolute Gasteiger partial charge is 0.480 e. The summed E-state index contributed by atoms with van der Waals surface area (Å²) >= 11 is 3.42. The summed E-state index contributed by atoms with van der Waals surface area (Å²) in [5.74, 6) is 1.34. The molecule has 2 heterocycles.